The average Bonchev–Trinajstić information content (AvgIpc) is 2.55. The Kier molecular flexibility index (Phi) is 6.22. The second-order valence-electron chi connectivity index (χ2n) is 6.03. The smallest absolute Gasteiger partial charge is 0.383 e. The Labute approximate surface area is 145 Å². The predicted octanol–water partition coefficient (Wildman–Crippen LogP) is 4.84. The van der Waals surface area contributed by atoms with Crippen LogP contribution in [0.4, 0.5) is 24.9 Å². The van der Waals surface area contributed by atoms with Gasteiger partial charge in [0, 0.05) is 11.1 Å². The van der Waals surface area contributed by atoms with Crippen LogP contribution in [0.3, 0.4) is 0 Å². The zero-order chi connectivity index (χ0) is 18.4. The molecule has 0 aliphatic heterocycles. The number of nitrogen functional groups attached to an aromatic ring is 2. The summed E-state index contributed by atoms with van der Waals surface area (Å²) in [5, 5.41) is 0. The van der Waals surface area contributed by atoms with Crippen LogP contribution in [0.2, 0.25) is 0 Å². The number of nitrogens with zero attached hydrogens (tertiary/aromatic N) is 2. The van der Waals surface area contributed by atoms with Crippen LogP contribution in [0.5, 0.6) is 0 Å². The second-order valence-corrected chi connectivity index (χ2v) is 6.03. The molecular formula is C18H23F3N4. The summed E-state index contributed by atoms with van der Waals surface area (Å²) in [5.41, 5.74) is 12.8. The molecule has 7 heteroatoms. The highest BCUT2D eigenvalue weighted by Crippen LogP contribution is 2.32. The van der Waals surface area contributed by atoms with Crippen molar-refractivity contribution in [2.24, 2.45) is 0 Å². The fourth-order valence-corrected chi connectivity index (χ4v) is 2.73. The van der Waals surface area contributed by atoms with E-state index in [1.54, 1.807) is 0 Å². The van der Waals surface area contributed by atoms with Crippen LogP contribution in [0.25, 0.3) is 11.3 Å². The Bertz CT molecular complexity index is 697. The summed E-state index contributed by atoms with van der Waals surface area (Å²) < 4.78 is 38.2. The van der Waals surface area contributed by atoms with E-state index in [1.807, 2.05) is 0 Å². The second kappa shape index (κ2) is 8.18. The van der Waals surface area contributed by atoms with Crippen molar-refractivity contribution in [3.05, 3.63) is 35.4 Å². The molecule has 0 spiro atoms. The van der Waals surface area contributed by atoms with Gasteiger partial charge in [-0.3, -0.25) is 0 Å². The topological polar surface area (TPSA) is 77.8 Å². The molecule has 1 aromatic heterocycles. The maximum Gasteiger partial charge on any atom is 0.416 e. The van der Waals surface area contributed by atoms with E-state index in [9.17, 15) is 13.2 Å². The first-order valence-electron chi connectivity index (χ1n) is 8.42. The molecule has 0 saturated heterocycles. The molecule has 0 radical (unpaired) electrons. The van der Waals surface area contributed by atoms with Gasteiger partial charge in [-0.2, -0.15) is 18.2 Å². The van der Waals surface area contributed by atoms with Crippen molar-refractivity contribution in [2.45, 2.75) is 51.6 Å². The maximum absolute atomic E-state index is 12.7. The van der Waals surface area contributed by atoms with Gasteiger partial charge in [0.05, 0.1) is 11.3 Å². The fourth-order valence-electron chi connectivity index (χ4n) is 2.73. The standard InChI is InChI=1S/C18H23F3N4/c1-2-3-4-5-6-7-14-15(24-17(23)25-16(14)22)12-8-10-13(11-9-12)18(19,20)21/h8-11H,2-7H2,1H3,(H4,22,23,24,25). The minimum absolute atomic E-state index is 0.0159. The van der Waals surface area contributed by atoms with E-state index in [2.05, 4.69) is 16.9 Å². The SMILES string of the molecule is CCCCCCCc1c(N)nc(N)nc1-c1ccc(C(F)(F)F)cc1. The largest absolute Gasteiger partial charge is 0.416 e. The van der Waals surface area contributed by atoms with Crippen LogP contribution in [0.1, 0.15) is 50.2 Å². The summed E-state index contributed by atoms with van der Waals surface area (Å²) in [6.45, 7) is 2.15. The van der Waals surface area contributed by atoms with E-state index < -0.39 is 11.7 Å². The zero-order valence-electron chi connectivity index (χ0n) is 14.2. The van der Waals surface area contributed by atoms with Crippen LogP contribution in [0, 0.1) is 0 Å². The molecule has 0 aliphatic rings. The number of hydrogen-bond acceptors (Lipinski definition) is 4. The fraction of sp³-hybridized carbons (Fsp3) is 0.444. The number of halogens is 3. The van der Waals surface area contributed by atoms with E-state index >= 15 is 0 Å². The third-order valence-electron chi connectivity index (χ3n) is 4.07. The summed E-state index contributed by atoms with van der Waals surface area (Å²) in [5.74, 6) is 0.306. The molecule has 2 rings (SSSR count). The number of benzene rings is 1. The lowest BCUT2D eigenvalue weighted by molar-refractivity contribution is -0.137. The highest BCUT2D eigenvalue weighted by atomic mass is 19.4. The number of alkyl halides is 3. The molecule has 136 valence electrons. The van der Waals surface area contributed by atoms with Crippen molar-refractivity contribution < 1.29 is 13.2 Å². The molecule has 2 aromatic rings. The molecule has 25 heavy (non-hydrogen) atoms. The van der Waals surface area contributed by atoms with Crippen molar-refractivity contribution in [3.63, 3.8) is 0 Å². The van der Waals surface area contributed by atoms with Gasteiger partial charge in [-0.05, 0) is 25.0 Å². The molecular weight excluding hydrogens is 329 g/mol. The Morgan fingerprint density at radius 3 is 2.16 bits per heavy atom. The quantitative estimate of drug-likeness (QED) is 0.699. The Morgan fingerprint density at radius 1 is 0.920 bits per heavy atom. The molecule has 0 saturated carbocycles. The Morgan fingerprint density at radius 2 is 1.56 bits per heavy atom. The van der Waals surface area contributed by atoms with E-state index in [-0.39, 0.29) is 11.8 Å². The van der Waals surface area contributed by atoms with Gasteiger partial charge in [0.15, 0.2) is 0 Å². The lowest BCUT2D eigenvalue weighted by Crippen LogP contribution is -2.08. The minimum Gasteiger partial charge on any atom is -0.383 e. The number of hydrogen-bond donors (Lipinski definition) is 2. The lowest BCUT2D eigenvalue weighted by atomic mass is 9.99. The van der Waals surface area contributed by atoms with Crippen molar-refractivity contribution >= 4 is 11.8 Å². The third kappa shape index (κ3) is 5.08. The molecule has 4 nitrogen and oxygen atoms in total. The highest BCUT2D eigenvalue weighted by molar-refractivity contribution is 5.69. The van der Waals surface area contributed by atoms with Gasteiger partial charge in [0.2, 0.25) is 5.95 Å². The Balaban J connectivity index is 2.26. The summed E-state index contributed by atoms with van der Waals surface area (Å²) in [4.78, 5) is 8.21. The van der Waals surface area contributed by atoms with Crippen LogP contribution >= 0.6 is 0 Å². The van der Waals surface area contributed by atoms with Crippen LogP contribution in [0.15, 0.2) is 24.3 Å². The number of anilines is 2. The summed E-state index contributed by atoms with van der Waals surface area (Å²) >= 11 is 0. The first-order valence-corrected chi connectivity index (χ1v) is 8.42. The van der Waals surface area contributed by atoms with E-state index in [0.717, 1.165) is 43.4 Å². The summed E-state index contributed by atoms with van der Waals surface area (Å²) in [6.07, 6.45) is 1.76. The molecule has 0 bridgehead atoms. The van der Waals surface area contributed by atoms with Crippen molar-refractivity contribution in [3.8, 4) is 11.3 Å². The third-order valence-corrected chi connectivity index (χ3v) is 4.07. The number of aromatic nitrogens is 2. The number of rotatable bonds is 7. The van der Waals surface area contributed by atoms with Gasteiger partial charge in [-0.15, -0.1) is 0 Å². The molecule has 0 fully saturated rings. The van der Waals surface area contributed by atoms with Crippen molar-refractivity contribution in [1.82, 2.24) is 9.97 Å². The monoisotopic (exact) mass is 352 g/mol. The average molecular weight is 352 g/mol. The van der Waals surface area contributed by atoms with Gasteiger partial charge >= 0.3 is 6.18 Å². The van der Waals surface area contributed by atoms with E-state index in [1.165, 1.54) is 18.6 Å². The van der Waals surface area contributed by atoms with Gasteiger partial charge < -0.3 is 11.5 Å². The molecule has 1 aromatic carbocycles. The highest BCUT2D eigenvalue weighted by Gasteiger charge is 2.30. The number of unbranched alkanes of at least 4 members (excludes halogenated alkanes) is 4. The summed E-state index contributed by atoms with van der Waals surface area (Å²) in [7, 11) is 0. The lowest BCUT2D eigenvalue weighted by Gasteiger charge is -2.13. The molecule has 0 atom stereocenters. The minimum atomic E-state index is -4.37. The number of nitrogens with two attached hydrogens (primary N) is 2. The van der Waals surface area contributed by atoms with Gasteiger partial charge in [-0.1, -0.05) is 44.7 Å². The Hall–Kier alpha value is -2.31. The van der Waals surface area contributed by atoms with Crippen molar-refractivity contribution in [2.75, 3.05) is 11.5 Å². The molecule has 1 heterocycles. The zero-order valence-corrected chi connectivity index (χ0v) is 14.2. The van der Waals surface area contributed by atoms with Gasteiger partial charge in [-0.25, -0.2) is 4.98 Å². The normalized spacial score (nSPS) is 11.7. The van der Waals surface area contributed by atoms with Gasteiger partial charge in [0.25, 0.3) is 0 Å². The molecule has 0 unspecified atom stereocenters. The van der Waals surface area contributed by atoms with Crippen LogP contribution in [-0.2, 0) is 12.6 Å². The first kappa shape index (κ1) is 19.0. The van der Waals surface area contributed by atoms with Gasteiger partial charge in [0.1, 0.15) is 5.82 Å². The molecule has 0 aliphatic carbocycles. The molecule has 4 N–H and O–H groups in total. The summed E-state index contributed by atoms with van der Waals surface area (Å²) in [6, 6.07) is 4.86. The maximum atomic E-state index is 12.7. The first-order chi connectivity index (χ1) is 11.8. The van der Waals surface area contributed by atoms with Crippen LogP contribution in [-0.4, -0.2) is 9.97 Å². The van der Waals surface area contributed by atoms with E-state index in [0.29, 0.717) is 17.7 Å². The van der Waals surface area contributed by atoms with E-state index in [4.69, 9.17) is 11.5 Å². The predicted molar refractivity (Wildman–Crippen MR) is 93.8 cm³/mol. The molecule has 0 amide bonds. The van der Waals surface area contributed by atoms with Crippen molar-refractivity contribution in [1.29, 1.82) is 0 Å². The van der Waals surface area contributed by atoms with Crippen LogP contribution < -0.4 is 11.5 Å².